The molecule has 0 heterocycles. The normalized spacial score (nSPS) is 14.7. The summed E-state index contributed by atoms with van der Waals surface area (Å²) in [5.41, 5.74) is 0.741. The van der Waals surface area contributed by atoms with Crippen LogP contribution in [0.5, 0.6) is 0 Å². The van der Waals surface area contributed by atoms with Crippen molar-refractivity contribution in [2.24, 2.45) is 0 Å². The van der Waals surface area contributed by atoms with Crippen molar-refractivity contribution < 1.29 is 14.3 Å². The van der Waals surface area contributed by atoms with E-state index in [0.29, 0.717) is 0 Å². The number of benzene rings is 1. The van der Waals surface area contributed by atoms with E-state index < -0.39 is 18.1 Å². The Labute approximate surface area is 82.4 Å². The van der Waals surface area contributed by atoms with Crippen LogP contribution in [0.1, 0.15) is 24.8 Å². The lowest BCUT2D eigenvalue weighted by Gasteiger charge is -2.16. The highest BCUT2D eigenvalue weighted by atomic mass is 19.1. The third-order valence-corrected chi connectivity index (χ3v) is 2.18. The molecule has 76 valence electrons. The first-order valence-corrected chi connectivity index (χ1v) is 4.52. The Morgan fingerprint density at radius 2 is 2.00 bits per heavy atom. The highest BCUT2D eigenvalue weighted by Gasteiger charge is 2.21. The lowest BCUT2D eigenvalue weighted by molar-refractivity contribution is -0.137. The van der Waals surface area contributed by atoms with Crippen molar-refractivity contribution in [3.05, 3.63) is 35.9 Å². The smallest absolute Gasteiger partial charge is 0.304 e. The number of halogens is 1. The van der Waals surface area contributed by atoms with E-state index in [1.54, 1.807) is 24.3 Å². The number of carbonyl (C=O) groups is 1. The number of carboxylic acids is 1. The molecule has 14 heavy (non-hydrogen) atoms. The first-order valence-electron chi connectivity index (χ1n) is 4.52. The monoisotopic (exact) mass is 196 g/mol. The fourth-order valence-electron chi connectivity index (χ4n) is 1.43. The van der Waals surface area contributed by atoms with Crippen molar-refractivity contribution in [2.45, 2.75) is 25.4 Å². The lowest BCUT2D eigenvalue weighted by Crippen LogP contribution is -2.14. The largest absolute Gasteiger partial charge is 0.481 e. The molecule has 1 rings (SSSR count). The van der Waals surface area contributed by atoms with Crippen LogP contribution in [0.3, 0.4) is 0 Å². The summed E-state index contributed by atoms with van der Waals surface area (Å²) in [5.74, 6) is -1.52. The molecule has 0 fully saturated rings. The lowest BCUT2D eigenvalue weighted by atomic mass is 9.92. The van der Waals surface area contributed by atoms with E-state index >= 15 is 0 Å². The molecule has 0 radical (unpaired) electrons. The van der Waals surface area contributed by atoms with Crippen molar-refractivity contribution >= 4 is 5.97 Å². The predicted molar refractivity (Wildman–Crippen MR) is 52.0 cm³/mol. The zero-order chi connectivity index (χ0) is 10.6. The molecular weight excluding hydrogens is 183 g/mol. The van der Waals surface area contributed by atoms with Gasteiger partial charge in [0.15, 0.2) is 0 Å². The molecule has 0 aromatic heterocycles. The number of hydrogen-bond donors (Lipinski definition) is 1. The first kappa shape index (κ1) is 10.7. The van der Waals surface area contributed by atoms with Gasteiger partial charge in [-0.2, -0.15) is 0 Å². The topological polar surface area (TPSA) is 37.3 Å². The van der Waals surface area contributed by atoms with Gasteiger partial charge in [0, 0.05) is 5.92 Å². The van der Waals surface area contributed by atoms with Gasteiger partial charge in [-0.1, -0.05) is 30.3 Å². The molecule has 1 N–H and O–H groups in total. The van der Waals surface area contributed by atoms with Crippen molar-refractivity contribution in [3.8, 4) is 0 Å². The van der Waals surface area contributed by atoms with Gasteiger partial charge in [0.25, 0.3) is 0 Å². The van der Waals surface area contributed by atoms with E-state index in [4.69, 9.17) is 5.11 Å². The molecule has 0 spiro atoms. The summed E-state index contributed by atoms with van der Waals surface area (Å²) < 4.78 is 13.1. The molecule has 0 saturated carbocycles. The number of hydrogen-bond acceptors (Lipinski definition) is 1. The van der Waals surface area contributed by atoms with E-state index in [0.717, 1.165) is 5.56 Å². The van der Waals surface area contributed by atoms with Gasteiger partial charge in [-0.3, -0.25) is 4.79 Å². The number of carboxylic acid groups (broad SMARTS) is 1. The first-order chi connectivity index (χ1) is 6.61. The summed E-state index contributed by atoms with van der Waals surface area (Å²) in [6.45, 7) is 1.39. The van der Waals surface area contributed by atoms with Crippen LogP contribution in [0, 0.1) is 0 Å². The highest BCUT2D eigenvalue weighted by molar-refractivity contribution is 5.68. The molecule has 0 aliphatic rings. The molecule has 2 unspecified atom stereocenters. The minimum Gasteiger partial charge on any atom is -0.481 e. The number of aliphatic carboxylic acids is 1. The van der Waals surface area contributed by atoms with Gasteiger partial charge >= 0.3 is 5.97 Å². The quantitative estimate of drug-likeness (QED) is 0.803. The Kier molecular flexibility index (Phi) is 3.63. The highest BCUT2D eigenvalue weighted by Crippen LogP contribution is 2.25. The SMILES string of the molecule is CC(F)C(CC(=O)O)c1ccccc1. The summed E-state index contributed by atoms with van der Waals surface area (Å²) >= 11 is 0. The van der Waals surface area contributed by atoms with E-state index in [1.165, 1.54) is 6.92 Å². The summed E-state index contributed by atoms with van der Waals surface area (Å²) in [5, 5.41) is 8.63. The van der Waals surface area contributed by atoms with E-state index in [1.807, 2.05) is 6.07 Å². The number of alkyl halides is 1. The molecule has 0 aliphatic carbocycles. The van der Waals surface area contributed by atoms with E-state index in [2.05, 4.69) is 0 Å². The molecule has 0 saturated heterocycles. The zero-order valence-corrected chi connectivity index (χ0v) is 7.98. The van der Waals surface area contributed by atoms with Gasteiger partial charge in [-0.15, -0.1) is 0 Å². The maximum Gasteiger partial charge on any atom is 0.304 e. The third kappa shape index (κ3) is 2.83. The Bertz CT molecular complexity index is 295. The van der Waals surface area contributed by atoms with Crippen molar-refractivity contribution in [1.82, 2.24) is 0 Å². The number of rotatable bonds is 4. The molecular formula is C11H13FO2. The van der Waals surface area contributed by atoms with Crippen LogP contribution in [0.4, 0.5) is 4.39 Å². The second-order valence-electron chi connectivity index (χ2n) is 3.29. The predicted octanol–water partition coefficient (Wildman–Crippen LogP) is 2.60. The van der Waals surface area contributed by atoms with Crippen LogP contribution in [0.2, 0.25) is 0 Å². The van der Waals surface area contributed by atoms with Crippen LogP contribution in [0.25, 0.3) is 0 Å². The summed E-state index contributed by atoms with van der Waals surface area (Å²) in [6, 6.07) is 8.90. The van der Waals surface area contributed by atoms with Crippen LogP contribution in [-0.4, -0.2) is 17.2 Å². The minimum absolute atomic E-state index is 0.165. The van der Waals surface area contributed by atoms with Gasteiger partial charge in [-0.05, 0) is 12.5 Å². The molecule has 3 heteroatoms. The standard InChI is InChI=1S/C11H13FO2/c1-8(12)10(7-11(13)14)9-5-3-2-4-6-9/h2-6,8,10H,7H2,1H3,(H,13,14). The molecule has 2 nitrogen and oxygen atoms in total. The van der Waals surface area contributed by atoms with Crippen molar-refractivity contribution in [2.75, 3.05) is 0 Å². The van der Waals surface area contributed by atoms with Crippen LogP contribution in [0.15, 0.2) is 30.3 Å². The zero-order valence-electron chi connectivity index (χ0n) is 7.98. The fraction of sp³-hybridized carbons (Fsp3) is 0.364. The van der Waals surface area contributed by atoms with Crippen LogP contribution < -0.4 is 0 Å². The second-order valence-corrected chi connectivity index (χ2v) is 3.29. The van der Waals surface area contributed by atoms with Crippen molar-refractivity contribution in [1.29, 1.82) is 0 Å². The molecule has 1 aromatic rings. The molecule has 0 amide bonds. The average Bonchev–Trinajstić information content (AvgIpc) is 2.15. The van der Waals surface area contributed by atoms with E-state index in [-0.39, 0.29) is 6.42 Å². The average molecular weight is 196 g/mol. The molecule has 0 aliphatic heterocycles. The van der Waals surface area contributed by atoms with Crippen LogP contribution in [-0.2, 0) is 4.79 Å². The summed E-state index contributed by atoms with van der Waals surface area (Å²) in [6.07, 6.45) is -1.31. The minimum atomic E-state index is -1.14. The van der Waals surface area contributed by atoms with E-state index in [9.17, 15) is 9.18 Å². The molecule has 2 atom stereocenters. The van der Waals surface area contributed by atoms with Crippen LogP contribution >= 0.6 is 0 Å². The van der Waals surface area contributed by atoms with Gasteiger partial charge in [0.05, 0.1) is 6.42 Å². The maximum atomic E-state index is 13.1. The van der Waals surface area contributed by atoms with Gasteiger partial charge < -0.3 is 5.11 Å². The van der Waals surface area contributed by atoms with Gasteiger partial charge in [0.1, 0.15) is 6.17 Å². The Morgan fingerprint density at radius 1 is 1.43 bits per heavy atom. The molecule has 1 aromatic carbocycles. The van der Waals surface area contributed by atoms with Crippen molar-refractivity contribution in [3.63, 3.8) is 0 Å². The Hall–Kier alpha value is -1.38. The Morgan fingerprint density at radius 3 is 2.43 bits per heavy atom. The van der Waals surface area contributed by atoms with Gasteiger partial charge in [0.2, 0.25) is 0 Å². The summed E-state index contributed by atoms with van der Waals surface area (Å²) in [4.78, 5) is 10.5. The molecule has 0 bridgehead atoms. The Balaban J connectivity index is 2.83. The third-order valence-electron chi connectivity index (χ3n) is 2.18. The maximum absolute atomic E-state index is 13.1. The second kappa shape index (κ2) is 4.74. The fourth-order valence-corrected chi connectivity index (χ4v) is 1.43. The summed E-state index contributed by atoms with van der Waals surface area (Å²) in [7, 11) is 0. The van der Waals surface area contributed by atoms with Gasteiger partial charge in [-0.25, -0.2) is 4.39 Å².